The second-order valence-corrected chi connectivity index (χ2v) is 7.46. The summed E-state index contributed by atoms with van der Waals surface area (Å²) in [5, 5.41) is 5.81. The monoisotopic (exact) mass is 417 g/mol. The number of fused-ring (bicyclic) bond motifs is 1. The van der Waals surface area contributed by atoms with Crippen LogP contribution in [0.3, 0.4) is 0 Å². The standard InChI is InChI=1S/C15H13ClINOS/c16-9-4-5-13(12(17)8-9)18-15(19)11-2-1-3-14-10(11)6-7-20-14/h4-8,11H,1-3H2,(H,18,19). The van der Waals surface area contributed by atoms with E-state index >= 15 is 0 Å². The van der Waals surface area contributed by atoms with E-state index in [9.17, 15) is 4.79 Å². The molecule has 1 heterocycles. The highest BCUT2D eigenvalue weighted by atomic mass is 127. The third-order valence-corrected chi connectivity index (χ3v) is 5.68. The molecule has 1 aliphatic rings. The summed E-state index contributed by atoms with van der Waals surface area (Å²) < 4.78 is 0.963. The Morgan fingerprint density at radius 3 is 3.05 bits per heavy atom. The molecule has 0 spiro atoms. The molecule has 1 aromatic carbocycles. The van der Waals surface area contributed by atoms with Crippen molar-refractivity contribution in [3.8, 4) is 0 Å². The lowest BCUT2D eigenvalue weighted by atomic mass is 9.87. The van der Waals surface area contributed by atoms with Crippen LogP contribution in [0.15, 0.2) is 29.6 Å². The smallest absolute Gasteiger partial charge is 0.231 e. The molecule has 1 amide bonds. The molecule has 0 radical (unpaired) electrons. The molecule has 104 valence electrons. The number of thiophene rings is 1. The predicted molar refractivity (Wildman–Crippen MR) is 92.8 cm³/mol. The van der Waals surface area contributed by atoms with E-state index in [1.165, 1.54) is 10.4 Å². The van der Waals surface area contributed by atoms with Crippen molar-refractivity contribution in [2.75, 3.05) is 5.32 Å². The van der Waals surface area contributed by atoms with Crippen LogP contribution in [0.5, 0.6) is 0 Å². The first kappa shape index (κ1) is 14.4. The molecule has 1 aromatic heterocycles. The van der Waals surface area contributed by atoms with Gasteiger partial charge in [0, 0.05) is 13.5 Å². The minimum absolute atomic E-state index is 0.0171. The maximum atomic E-state index is 12.5. The highest BCUT2D eigenvalue weighted by Gasteiger charge is 2.27. The molecule has 0 saturated heterocycles. The van der Waals surface area contributed by atoms with Gasteiger partial charge in [-0.2, -0.15) is 0 Å². The van der Waals surface area contributed by atoms with Gasteiger partial charge in [0.15, 0.2) is 0 Å². The van der Waals surface area contributed by atoms with Gasteiger partial charge in [0.25, 0.3) is 0 Å². The van der Waals surface area contributed by atoms with Crippen molar-refractivity contribution in [2.45, 2.75) is 25.2 Å². The Balaban J connectivity index is 1.81. The number of hydrogen-bond donors (Lipinski definition) is 1. The summed E-state index contributed by atoms with van der Waals surface area (Å²) in [6, 6.07) is 7.61. The zero-order valence-electron chi connectivity index (χ0n) is 10.7. The number of aryl methyl sites for hydroxylation is 1. The topological polar surface area (TPSA) is 29.1 Å². The highest BCUT2D eigenvalue weighted by Crippen LogP contribution is 2.36. The van der Waals surface area contributed by atoms with E-state index in [0.29, 0.717) is 5.02 Å². The van der Waals surface area contributed by atoms with Gasteiger partial charge in [0.2, 0.25) is 5.91 Å². The molecule has 2 aromatic rings. The van der Waals surface area contributed by atoms with E-state index in [0.717, 1.165) is 28.5 Å². The van der Waals surface area contributed by atoms with Crippen LogP contribution < -0.4 is 5.32 Å². The van der Waals surface area contributed by atoms with Crippen LogP contribution in [0, 0.1) is 3.57 Å². The van der Waals surface area contributed by atoms with E-state index in [1.807, 2.05) is 12.1 Å². The van der Waals surface area contributed by atoms with Crippen LogP contribution in [0.2, 0.25) is 5.02 Å². The van der Waals surface area contributed by atoms with Gasteiger partial charge in [-0.25, -0.2) is 0 Å². The van der Waals surface area contributed by atoms with E-state index in [2.05, 4.69) is 39.4 Å². The molecular weight excluding hydrogens is 405 g/mol. The fourth-order valence-corrected chi connectivity index (χ4v) is 4.56. The third-order valence-electron chi connectivity index (χ3n) is 3.56. The Kier molecular flexibility index (Phi) is 4.33. The van der Waals surface area contributed by atoms with Crippen molar-refractivity contribution in [3.05, 3.63) is 48.7 Å². The predicted octanol–water partition coefficient (Wildman–Crippen LogP) is 5.06. The summed E-state index contributed by atoms with van der Waals surface area (Å²) in [7, 11) is 0. The lowest BCUT2D eigenvalue weighted by molar-refractivity contribution is -0.117. The van der Waals surface area contributed by atoms with Crippen LogP contribution in [0.25, 0.3) is 0 Å². The second kappa shape index (κ2) is 6.03. The van der Waals surface area contributed by atoms with Crippen molar-refractivity contribution >= 4 is 57.1 Å². The molecule has 1 aliphatic carbocycles. The first-order chi connectivity index (χ1) is 9.65. The van der Waals surface area contributed by atoms with Crippen molar-refractivity contribution in [1.29, 1.82) is 0 Å². The molecule has 5 heteroatoms. The van der Waals surface area contributed by atoms with Crippen molar-refractivity contribution in [3.63, 3.8) is 0 Å². The Morgan fingerprint density at radius 1 is 1.40 bits per heavy atom. The maximum absolute atomic E-state index is 12.5. The van der Waals surface area contributed by atoms with Crippen LogP contribution in [0.4, 0.5) is 5.69 Å². The quantitative estimate of drug-likeness (QED) is 0.680. The zero-order valence-corrected chi connectivity index (χ0v) is 14.4. The fourth-order valence-electron chi connectivity index (χ4n) is 2.57. The molecular formula is C15H13ClINOS. The molecule has 0 saturated carbocycles. The number of amides is 1. The molecule has 2 nitrogen and oxygen atoms in total. The van der Waals surface area contributed by atoms with Crippen molar-refractivity contribution < 1.29 is 4.79 Å². The number of carbonyl (C=O) groups excluding carboxylic acids is 1. The molecule has 0 bridgehead atoms. The zero-order chi connectivity index (χ0) is 14.1. The molecule has 1 unspecified atom stereocenters. The van der Waals surface area contributed by atoms with Crippen LogP contribution in [-0.2, 0) is 11.2 Å². The van der Waals surface area contributed by atoms with Gasteiger partial charge in [0.1, 0.15) is 0 Å². The summed E-state index contributed by atoms with van der Waals surface area (Å²) in [6.45, 7) is 0. The summed E-state index contributed by atoms with van der Waals surface area (Å²) in [5.74, 6) is 0.0704. The van der Waals surface area contributed by atoms with Crippen LogP contribution in [0.1, 0.15) is 29.2 Å². The summed E-state index contributed by atoms with van der Waals surface area (Å²) >= 11 is 9.89. The summed E-state index contributed by atoms with van der Waals surface area (Å²) in [6.07, 6.45) is 3.12. The summed E-state index contributed by atoms with van der Waals surface area (Å²) in [4.78, 5) is 13.9. The van der Waals surface area contributed by atoms with Crippen molar-refractivity contribution in [2.24, 2.45) is 0 Å². The molecule has 3 rings (SSSR count). The van der Waals surface area contributed by atoms with Crippen molar-refractivity contribution in [1.82, 2.24) is 0 Å². The van der Waals surface area contributed by atoms with Gasteiger partial charge in [0.05, 0.1) is 11.6 Å². The van der Waals surface area contributed by atoms with Gasteiger partial charge in [-0.3, -0.25) is 4.79 Å². The Morgan fingerprint density at radius 2 is 2.25 bits per heavy atom. The van der Waals surface area contributed by atoms with E-state index < -0.39 is 0 Å². The highest BCUT2D eigenvalue weighted by molar-refractivity contribution is 14.1. The summed E-state index contributed by atoms with van der Waals surface area (Å²) in [5.41, 5.74) is 2.05. The third kappa shape index (κ3) is 2.87. The molecule has 0 aliphatic heterocycles. The van der Waals surface area contributed by atoms with Crippen LogP contribution in [-0.4, -0.2) is 5.91 Å². The normalized spacial score (nSPS) is 17.6. The number of halogens is 2. The first-order valence-corrected chi connectivity index (χ1v) is 8.81. The molecule has 1 N–H and O–H groups in total. The molecule has 0 fully saturated rings. The average Bonchev–Trinajstić information content (AvgIpc) is 2.90. The minimum Gasteiger partial charge on any atom is -0.325 e. The van der Waals surface area contributed by atoms with E-state index in [-0.39, 0.29) is 11.8 Å². The van der Waals surface area contributed by atoms with E-state index in [1.54, 1.807) is 17.4 Å². The average molecular weight is 418 g/mol. The van der Waals surface area contributed by atoms with Gasteiger partial charge in [-0.1, -0.05) is 11.6 Å². The largest absolute Gasteiger partial charge is 0.325 e. The number of rotatable bonds is 2. The number of benzene rings is 1. The Labute approximate surface area is 140 Å². The van der Waals surface area contributed by atoms with Gasteiger partial charge in [-0.05, 0) is 77.1 Å². The first-order valence-electron chi connectivity index (χ1n) is 6.47. The number of hydrogen-bond acceptors (Lipinski definition) is 2. The molecule has 1 atom stereocenters. The number of carbonyl (C=O) groups is 1. The maximum Gasteiger partial charge on any atom is 0.231 e. The number of anilines is 1. The number of nitrogens with one attached hydrogen (secondary N) is 1. The fraction of sp³-hybridized carbons (Fsp3) is 0.267. The molecule has 20 heavy (non-hydrogen) atoms. The lowest BCUT2D eigenvalue weighted by Crippen LogP contribution is -2.24. The van der Waals surface area contributed by atoms with Gasteiger partial charge < -0.3 is 5.32 Å². The second-order valence-electron chi connectivity index (χ2n) is 4.86. The SMILES string of the molecule is O=C(Nc1ccc(Cl)cc1I)C1CCCc2sccc21. The Hall–Kier alpha value is -0.590. The Bertz CT molecular complexity index is 655. The minimum atomic E-state index is -0.0171. The van der Waals surface area contributed by atoms with Gasteiger partial charge in [-0.15, -0.1) is 11.3 Å². The van der Waals surface area contributed by atoms with Gasteiger partial charge >= 0.3 is 0 Å². The van der Waals surface area contributed by atoms with E-state index in [4.69, 9.17) is 11.6 Å². The van der Waals surface area contributed by atoms with Crippen LogP contribution >= 0.6 is 45.5 Å². The lowest BCUT2D eigenvalue weighted by Gasteiger charge is -2.22.